The van der Waals surface area contributed by atoms with Gasteiger partial charge in [0.2, 0.25) is 0 Å². The van der Waals surface area contributed by atoms with Crippen LogP contribution in [-0.4, -0.2) is 23.3 Å². The van der Waals surface area contributed by atoms with Crippen LogP contribution in [0.25, 0.3) is 0 Å². The summed E-state index contributed by atoms with van der Waals surface area (Å²) >= 11 is 0. The molecule has 0 unspecified atom stereocenters. The molecule has 0 fully saturated rings. The van der Waals surface area contributed by atoms with E-state index in [1.165, 1.54) is 4.90 Å². The zero-order valence-electron chi connectivity index (χ0n) is 9.86. The quantitative estimate of drug-likeness (QED) is 0.479. The first-order chi connectivity index (χ1) is 8.02. The van der Waals surface area contributed by atoms with Gasteiger partial charge in [0.05, 0.1) is 11.1 Å². The minimum absolute atomic E-state index is 0.269. The molecule has 0 aliphatic carbocycles. The average molecular weight is 230 g/mol. The molecule has 1 aromatic carbocycles. The number of benzene rings is 1. The van der Waals surface area contributed by atoms with Crippen molar-refractivity contribution in [2.75, 3.05) is 12.3 Å². The van der Waals surface area contributed by atoms with Crippen LogP contribution in [0.2, 0.25) is 0 Å². The maximum atomic E-state index is 12.0. The Kier molecular flexibility index (Phi) is 2.71. The van der Waals surface area contributed by atoms with Crippen LogP contribution in [0.3, 0.4) is 0 Å². The minimum atomic E-state index is -0.305. The lowest BCUT2D eigenvalue weighted by molar-refractivity contribution is 0.0672. The van der Waals surface area contributed by atoms with Gasteiger partial charge in [-0.1, -0.05) is 17.7 Å². The summed E-state index contributed by atoms with van der Waals surface area (Å²) in [7, 11) is 0. The number of imide groups is 1. The largest absolute Gasteiger partial charge is 0.398 e. The van der Waals surface area contributed by atoms with Crippen molar-refractivity contribution in [3.8, 4) is 0 Å². The van der Waals surface area contributed by atoms with Gasteiger partial charge in [0, 0.05) is 12.2 Å². The van der Waals surface area contributed by atoms with Crippen molar-refractivity contribution in [2.24, 2.45) is 0 Å². The molecule has 88 valence electrons. The van der Waals surface area contributed by atoms with Gasteiger partial charge in [0.1, 0.15) is 0 Å². The normalized spacial score (nSPS) is 13.9. The topological polar surface area (TPSA) is 63.4 Å². The number of anilines is 1. The molecule has 2 rings (SSSR count). The van der Waals surface area contributed by atoms with Crippen LogP contribution in [0.5, 0.6) is 0 Å². The molecular formula is C13H14N2O2. The summed E-state index contributed by atoms with van der Waals surface area (Å²) in [6, 6.07) is 4.95. The lowest BCUT2D eigenvalue weighted by Crippen LogP contribution is -2.30. The molecule has 1 aliphatic rings. The van der Waals surface area contributed by atoms with Gasteiger partial charge < -0.3 is 5.73 Å². The first-order valence-electron chi connectivity index (χ1n) is 5.40. The highest BCUT2D eigenvalue weighted by molar-refractivity contribution is 6.23. The fourth-order valence-corrected chi connectivity index (χ4v) is 1.80. The summed E-state index contributed by atoms with van der Waals surface area (Å²) in [5.74, 6) is -0.574. The number of nitrogens with zero attached hydrogens (tertiary/aromatic N) is 1. The molecule has 4 nitrogen and oxygen atoms in total. The van der Waals surface area contributed by atoms with Crippen LogP contribution >= 0.6 is 0 Å². The van der Waals surface area contributed by atoms with E-state index in [0.29, 0.717) is 23.4 Å². The van der Waals surface area contributed by atoms with Crippen LogP contribution in [0, 0.1) is 0 Å². The minimum Gasteiger partial charge on any atom is -0.398 e. The van der Waals surface area contributed by atoms with Crippen molar-refractivity contribution in [3.63, 3.8) is 0 Å². The molecule has 0 atom stereocenters. The highest BCUT2D eigenvalue weighted by Gasteiger charge is 2.36. The van der Waals surface area contributed by atoms with E-state index in [2.05, 4.69) is 0 Å². The van der Waals surface area contributed by atoms with E-state index < -0.39 is 0 Å². The maximum absolute atomic E-state index is 12.0. The first-order valence-corrected chi connectivity index (χ1v) is 5.40. The second-order valence-electron chi connectivity index (χ2n) is 4.27. The van der Waals surface area contributed by atoms with Crippen molar-refractivity contribution < 1.29 is 9.59 Å². The van der Waals surface area contributed by atoms with Gasteiger partial charge in [0.25, 0.3) is 11.8 Å². The summed E-state index contributed by atoms with van der Waals surface area (Å²) < 4.78 is 0. The highest BCUT2D eigenvalue weighted by Crippen LogP contribution is 2.27. The van der Waals surface area contributed by atoms with Crippen molar-refractivity contribution in [3.05, 3.63) is 41.0 Å². The number of nitrogens with two attached hydrogens (primary N) is 1. The molecule has 2 N–H and O–H groups in total. The molecule has 0 aromatic heterocycles. The monoisotopic (exact) mass is 230 g/mol. The fraction of sp³-hybridized carbons (Fsp3) is 0.231. The Bertz CT molecular complexity index is 528. The summed E-state index contributed by atoms with van der Waals surface area (Å²) in [6.07, 6.45) is 1.85. The third-order valence-corrected chi connectivity index (χ3v) is 2.71. The van der Waals surface area contributed by atoms with Crippen LogP contribution in [-0.2, 0) is 0 Å². The predicted octanol–water partition coefficient (Wildman–Crippen LogP) is 1.83. The molecule has 0 saturated carbocycles. The number of fused-ring (bicyclic) bond motifs is 1. The second kappa shape index (κ2) is 4.05. The molecule has 1 aliphatic heterocycles. The van der Waals surface area contributed by atoms with Gasteiger partial charge in [-0.2, -0.15) is 0 Å². The molecule has 0 spiro atoms. The molecule has 17 heavy (non-hydrogen) atoms. The Balaban J connectivity index is 2.39. The SMILES string of the molecule is CC(C)=CCN1C(=O)c2cccc(N)c2C1=O. The van der Waals surface area contributed by atoms with Crippen molar-refractivity contribution in [1.29, 1.82) is 0 Å². The smallest absolute Gasteiger partial charge is 0.263 e. The Morgan fingerprint density at radius 1 is 1.29 bits per heavy atom. The van der Waals surface area contributed by atoms with Crippen LogP contribution < -0.4 is 5.73 Å². The number of nitrogen functional groups attached to an aromatic ring is 1. The molecule has 2 amide bonds. The number of allylic oxidation sites excluding steroid dienone is 1. The van der Waals surface area contributed by atoms with Gasteiger partial charge in [-0.25, -0.2) is 0 Å². The van der Waals surface area contributed by atoms with E-state index in [4.69, 9.17) is 5.73 Å². The maximum Gasteiger partial charge on any atom is 0.263 e. The van der Waals surface area contributed by atoms with E-state index in [1.54, 1.807) is 18.2 Å². The van der Waals surface area contributed by atoms with Gasteiger partial charge in [-0.15, -0.1) is 0 Å². The van der Waals surface area contributed by atoms with E-state index in [-0.39, 0.29) is 11.8 Å². The number of carbonyl (C=O) groups excluding carboxylic acids is 2. The Labute approximate surface area is 99.7 Å². The zero-order valence-corrected chi connectivity index (χ0v) is 9.86. The fourth-order valence-electron chi connectivity index (χ4n) is 1.80. The summed E-state index contributed by atoms with van der Waals surface area (Å²) in [5, 5.41) is 0. The van der Waals surface area contributed by atoms with Gasteiger partial charge >= 0.3 is 0 Å². The Morgan fingerprint density at radius 3 is 2.59 bits per heavy atom. The van der Waals surface area contributed by atoms with Gasteiger partial charge in [-0.05, 0) is 26.0 Å². The predicted molar refractivity (Wildman–Crippen MR) is 65.7 cm³/mol. The van der Waals surface area contributed by atoms with Crippen LogP contribution in [0.1, 0.15) is 34.6 Å². The molecule has 1 aromatic rings. The van der Waals surface area contributed by atoms with Gasteiger partial charge in [0.15, 0.2) is 0 Å². The molecule has 0 saturated heterocycles. The van der Waals surface area contributed by atoms with Gasteiger partial charge in [-0.3, -0.25) is 14.5 Å². The average Bonchev–Trinajstić information content (AvgIpc) is 2.50. The third kappa shape index (κ3) is 1.82. The van der Waals surface area contributed by atoms with Crippen molar-refractivity contribution in [2.45, 2.75) is 13.8 Å². The van der Waals surface area contributed by atoms with Crippen molar-refractivity contribution in [1.82, 2.24) is 4.90 Å². The Morgan fingerprint density at radius 2 is 2.00 bits per heavy atom. The van der Waals surface area contributed by atoms with E-state index >= 15 is 0 Å². The van der Waals surface area contributed by atoms with Crippen molar-refractivity contribution >= 4 is 17.5 Å². The van der Waals surface area contributed by atoms with E-state index in [9.17, 15) is 9.59 Å². The third-order valence-electron chi connectivity index (χ3n) is 2.71. The lowest BCUT2D eigenvalue weighted by Gasteiger charge is -2.10. The number of amides is 2. The van der Waals surface area contributed by atoms with Crippen LogP contribution in [0.15, 0.2) is 29.8 Å². The molecule has 0 radical (unpaired) electrons. The van der Waals surface area contributed by atoms with Crippen LogP contribution in [0.4, 0.5) is 5.69 Å². The highest BCUT2D eigenvalue weighted by atomic mass is 16.2. The standard InChI is InChI=1S/C13H14N2O2/c1-8(2)6-7-15-12(16)9-4-3-5-10(14)11(9)13(15)17/h3-6H,7,14H2,1-2H3. The second-order valence-corrected chi connectivity index (χ2v) is 4.27. The summed E-state index contributed by atoms with van der Waals surface area (Å²) in [4.78, 5) is 25.2. The van der Waals surface area contributed by atoms with E-state index in [0.717, 1.165) is 5.57 Å². The first kappa shape index (κ1) is 11.4. The summed E-state index contributed by atoms with van der Waals surface area (Å²) in [6.45, 7) is 4.15. The Hall–Kier alpha value is -2.10. The number of hydrogen-bond acceptors (Lipinski definition) is 3. The lowest BCUT2D eigenvalue weighted by atomic mass is 10.1. The number of hydrogen-bond donors (Lipinski definition) is 1. The molecule has 0 bridgehead atoms. The number of carbonyl (C=O) groups is 2. The molecule has 4 heteroatoms. The zero-order chi connectivity index (χ0) is 12.6. The molecular weight excluding hydrogens is 216 g/mol. The van der Waals surface area contributed by atoms with E-state index in [1.807, 2.05) is 19.9 Å². The molecule has 1 heterocycles. The summed E-state index contributed by atoms with van der Waals surface area (Å²) in [5.41, 5.74) is 7.89. The number of rotatable bonds is 2.